The van der Waals surface area contributed by atoms with Crippen LogP contribution in [0, 0.1) is 0 Å². The number of hydrogen-bond donors (Lipinski definition) is 4. The Bertz CT molecular complexity index is 359. The second-order valence-corrected chi connectivity index (χ2v) is 4.74. The van der Waals surface area contributed by atoms with Gasteiger partial charge in [-0.2, -0.15) is 0 Å². The van der Waals surface area contributed by atoms with Crippen LogP contribution >= 0.6 is 0 Å². The molecule has 0 saturated heterocycles. The summed E-state index contributed by atoms with van der Waals surface area (Å²) in [5.41, 5.74) is 0. The SMILES string of the molecule is CCC(CC(=O)NC1C/C=C\COC[C@H]1O)NC(=O)O. The van der Waals surface area contributed by atoms with Crippen molar-refractivity contribution < 1.29 is 24.5 Å². The number of hydrogen-bond acceptors (Lipinski definition) is 4. The summed E-state index contributed by atoms with van der Waals surface area (Å²) in [6, 6.07) is -0.841. The standard InChI is InChI=1S/C13H22N2O5/c1-2-9(14-13(18)19)7-12(17)15-10-5-3-4-6-20-8-11(10)16/h3-4,9-11,14,16H,2,5-8H2,1H3,(H,15,17)(H,18,19)/b4-3-/t9?,10?,11-/m1/s1. The average molecular weight is 286 g/mol. The van der Waals surface area contributed by atoms with Crippen molar-refractivity contribution in [3.05, 3.63) is 12.2 Å². The Morgan fingerprint density at radius 1 is 1.45 bits per heavy atom. The van der Waals surface area contributed by atoms with Crippen LogP contribution in [-0.4, -0.2) is 53.6 Å². The van der Waals surface area contributed by atoms with Crippen molar-refractivity contribution in [3.8, 4) is 0 Å². The number of rotatable bonds is 5. The number of carbonyl (C=O) groups is 2. The van der Waals surface area contributed by atoms with Crippen molar-refractivity contribution >= 4 is 12.0 Å². The van der Waals surface area contributed by atoms with Crippen molar-refractivity contribution in [1.29, 1.82) is 0 Å². The molecule has 0 aromatic rings. The zero-order valence-corrected chi connectivity index (χ0v) is 11.5. The highest BCUT2D eigenvalue weighted by molar-refractivity contribution is 5.77. The minimum Gasteiger partial charge on any atom is -0.465 e. The molecule has 3 atom stereocenters. The van der Waals surface area contributed by atoms with Crippen LogP contribution in [0.15, 0.2) is 12.2 Å². The first-order chi connectivity index (χ1) is 9.52. The normalized spacial score (nSPS) is 25.9. The Balaban J connectivity index is 2.48. The predicted molar refractivity (Wildman–Crippen MR) is 72.4 cm³/mol. The van der Waals surface area contributed by atoms with Gasteiger partial charge in [-0.1, -0.05) is 19.1 Å². The summed E-state index contributed by atoms with van der Waals surface area (Å²) in [4.78, 5) is 22.5. The largest absolute Gasteiger partial charge is 0.465 e. The van der Waals surface area contributed by atoms with Gasteiger partial charge in [0.05, 0.1) is 25.4 Å². The number of amides is 2. The summed E-state index contributed by atoms with van der Waals surface area (Å²) < 4.78 is 5.18. The molecule has 0 aliphatic carbocycles. The molecule has 1 rings (SSSR count). The van der Waals surface area contributed by atoms with Gasteiger partial charge in [0.2, 0.25) is 5.91 Å². The molecule has 7 heteroatoms. The Morgan fingerprint density at radius 3 is 2.85 bits per heavy atom. The minimum absolute atomic E-state index is 0.0522. The molecule has 0 spiro atoms. The van der Waals surface area contributed by atoms with Crippen LogP contribution < -0.4 is 10.6 Å². The molecule has 1 aliphatic heterocycles. The van der Waals surface area contributed by atoms with Crippen molar-refractivity contribution in [2.45, 2.75) is 44.4 Å². The van der Waals surface area contributed by atoms with E-state index in [9.17, 15) is 14.7 Å². The zero-order chi connectivity index (χ0) is 15.0. The van der Waals surface area contributed by atoms with E-state index in [0.29, 0.717) is 19.4 Å². The number of nitrogens with one attached hydrogen (secondary N) is 2. The molecule has 20 heavy (non-hydrogen) atoms. The van der Waals surface area contributed by atoms with E-state index in [-0.39, 0.29) is 18.9 Å². The summed E-state index contributed by atoms with van der Waals surface area (Å²) in [7, 11) is 0. The summed E-state index contributed by atoms with van der Waals surface area (Å²) in [5.74, 6) is -0.288. The topological polar surface area (TPSA) is 108 Å². The van der Waals surface area contributed by atoms with Crippen LogP contribution in [0.4, 0.5) is 4.79 Å². The molecular formula is C13H22N2O5. The molecule has 0 radical (unpaired) electrons. The van der Waals surface area contributed by atoms with E-state index >= 15 is 0 Å². The van der Waals surface area contributed by atoms with Crippen LogP contribution in [0.5, 0.6) is 0 Å². The van der Waals surface area contributed by atoms with E-state index in [1.54, 1.807) is 6.92 Å². The van der Waals surface area contributed by atoms with E-state index in [4.69, 9.17) is 9.84 Å². The van der Waals surface area contributed by atoms with Crippen molar-refractivity contribution in [2.24, 2.45) is 0 Å². The van der Waals surface area contributed by atoms with E-state index in [1.807, 2.05) is 12.2 Å². The lowest BCUT2D eigenvalue weighted by atomic mass is 10.1. The molecule has 0 fully saturated rings. The van der Waals surface area contributed by atoms with Crippen LogP contribution in [0.25, 0.3) is 0 Å². The highest BCUT2D eigenvalue weighted by atomic mass is 16.5. The van der Waals surface area contributed by atoms with Crippen LogP contribution in [0.3, 0.4) is 0 Å². The lowest BCUT2D eigenvalue weighted by Gasteiger charge is -2.25. The first-order valence-corrected chi connectivity index (χ1v) is 6.72. The third kappa shape index (κ3) is 6.03. The average Bonchev–Trinajstić information content (AvgIpc) is 2.37. The molecule has 1 heterocycles. The maximum atomic E-state index is 11.9. The first-order valence-electron chi connectivity index (χ1n) is 6.72. The van der Waals surface area contributed by atoms with E-state index < -0.39 is 24.3 Å². The number of ether oxygens (including phenoxy) is 1. The van der Waals surface area contributed by atoms with Gasteiger partial charge in [-0.15, -0.1) is 0 Å². The van der Waals surface area contributed by atoms with E-state index in [0.717, 1.165) is 0 Å². The molecule has 7 nitrogen and oxygen atoms in total. The maximum Gasteiger partial charge on any atom is 0.404 e. The lowest BCUT2D eigenvalue weighted by Crippen LogP contribution is -2.47. The Morgan fingerprint density at radius 2 is 2.20 bits per heavy atom. The molecule has 0 saturated carbocycles. The smallest absolute Gasteiger partial charge is 0.404 e. The van der Waals surface area contributed by atoms with Gasteiger partial charge in [0.15, 0.2) is 0 Å². The molecule has 1 aliphatic rings. The second-order valence-electron chi connectivity index (χ2n) is 4.74. The number of carboxylic acid groups (broad SMARTS) is 1. The van der Waals surface area contributed by atoms with Crippen LogP contribution in [-0.2, 0) is 9.53 Å². The maximum absolute atomic E-state index is 11.9. The van der Waals surface area contributed by atoms with Gasteiger partial charge >= 0.3 is 6.09 Å². The Hall–Kier alpha value is -1.60. The lowest BCUT2D eigenvalue weighted by molar-refractivity contribution is -0.123. The highest BCUT2D eigenvalue weighted by Crippen LogP contribution is 2.06. The molecule has 0 aromatic carbocycles. The third-order valence-electron chi connectivity index (χ3n) is 3.12. The molecular weight excluding hydrogens is 264 g/mol. The molecule has 114 valence electrons. The quantitative estimate of drug-likeness (QED) is 0.542. The molecule has 0 aromatic heterocycles. The fourth-order valence-electron chi connectivity index (χ4n) is 1.96. The zero-order valence-electron chi connectivity index (χ0n) is 11.5. The Labute approximate surface area is 118 Å². The first kappa shape index (κ1) is 16.5. The fourth-order valence-corrected chi connectivity index (χ4v) is 1.96. The van der Waals surface area contributed by atoms with Crippen LogP contribution in [0.2, 0.25) is 0 Å². The number of aliphatic hydroxyl groups is 1. The van der Waals surface area contributed by atoms with Gasteiger partial charge in [0, 0.05) is 12.5 Å². The molecule has 0 bridgehead atoms. The van der Waals surface area contributed by atoms with Gasteiger partial charge < -0.3 is 25.6 Å². The monoisotopic (exact) mass is 286 g/mol. The van der Waals surface area contributed by atoms with Gasteiger partial charge in [-0.25, -0.2) is 4.79 Å². The summed E-state index contributed by atoms with van der Waals surface area (Å²) in [6.45, 7) is 2.42. The molecule has 4 N–H and O–H groups in total. The van der Waals surface area contributed by atoms with Gasteiger partial charge in [-0.05, 0) is 12.8 Å². The predicted octanol–water partition coefficient (Wildman–Crippen LogP) is 0.245. The summed E-state index contributed by atoms with van der Waals surface area (Å²) in [6.07, 6.45) is 2.88. The summed E-state index contributed by atoms with van der Waals surface area (Å²) >= 11 is 0. The number of aliphatic hydroxyl groups excluding tert-OH is 1. The number of carbonyl (C=O) groups excluding carboxylic acids is 1. The molecule has 2 amide bonds. The van der Waals surface area contributed by atoms with Gasteiger partial charge in [-0.3, -0.25) is 4.79 Å². The summed E-state index contributed by atoms with van der Waals surface area (Å²) in [5, 5.41) is 23.5. The fraction of sp³-hybridized carbons (Fsp3) is 0.692. The van der Waals surface area contributed by atoms with Crippen LogP contribution in [0.1, 0.15) is 26.2 Å². The van der Waals surface area contributed by atoms with Gasteiger partial charge in [0.1, 0.15) is 0 Å². The third-order valence-corrected chi connectivity index (χ3v) is 3.12. The van der Waals surface area contributed by atoms with Gasteiger partial charge in [0.25, 0.3) is 0 Å². The highest BCUT2D eigenvalue weighted by Gasteiger charge is 2.23. The minimum atomic E-state index is -1.15. The second kappa shape index (κ2) is 8.55. The van der Waals surface area contributed by atoms with E-state index in [1.165, 1.54) is 0 Å². The Kier molecular flexibility index (Phi) is 7.03. The molecule has 2 unspecified atom stereocenters. The van der Waals surface area contributed by atoms with E-state index in [2.05, 4.69) is 10.6 Å². The van der Waals surface area contributed by atoms with Crippen molar-refractivity contribution in [2.75, 3.05) is 13.2 Å². The van der Waals surface area contributed by atoms with Crippen molar-refractivity contribution in [3.63, 3.8) is 0 Å². The van der Waals surface area contributed by atoms with Crippen molar-refractivity contribution in [1.82, 2.24) is 10.6 Å².